The van der Waals surface area contributed by atoms with Crippen molar-refractivity contribution in [3.05, 3.63) is 0 Å². The van der Waals surface area contributed by atoms with Crippen molar-refractivity contribution in [1.82, 2.24) is 0 Å². The molecule has 0 aromatic carbocycles. The van der Waals surface area contributed by atoms with Crippen LogP contribution >= 0.6 is 0 Å². The zero-order chi connectivity index (χ0) is 17.6. The fraction of sp³-hybridized carbons (Fsp3) is 1.00. The van der Waals surface area contributed by atoms with Crippen molar-refractivity contribution >= 4 is 0 Å². The molecule has 0 radical (unpaired) electrons. The van der Waals surface area contributed by atoms with E-state index in [0.717, 1.165) is 12.8 Å². The Balaban J connectivity index is 4.76. The van der Waals surface area contributed by atoms with Crippen LogP contribution in [0.5, 0.6) is 0 Å². The van der Waals surface area contributed by atoms with Gasteiger partial charge in [-0.3, -0.25) is 0 Å². The monoisotopic (exact) mass is 332 g/mol. The summed E-state index contributed by atoms with van der Waals surface area (Å²) >= 11 is 0. The van der Waals surface area contributed by atoms with Crippen LogP contribution in [0.4, 0.5) is 0 Å². The van der Waals surface area contributed by atoms with Crippen molar-refractivity contribution in [3.63, 3.8) is 0 Å². The minimum atomic E-state index is -1.08. The summed E-state index contributed by atoms with van der Waals surface area (Å²) in [5, 5.41) is 0. The largest absolute Gasteiger partial charge is 0.367 e. The Hall–Kier alpha value is -0.160. The first-order valence-electron chi connectivity index (χ1n) is 9.63. The van der Waals surface area contributed by atoms with Crippen molar-refractivity contribution in [2.45, 2.75) is 105 Å². The summed E-state index contributed by atoms with van der Waals surface area (Å²) < 4.78 is 23.8. The number of unbranched alkanes of at least 4 members (excludes halogenated alkanes) is 5. The molecule has 4 heteroatoms. The zero-order valence-corrected chi connectivity index (χ0v) is 16.4. The molecule has 4 nitrogen and oxygen atoms in total. The number of rotatable bonds is 16. The number of hydrogen-bond acceptors (Lipinski definition) is 4. The maximum Gasteiger partial charge on any atom is 0.310 e. The molecule has 0 aliphatic heterocycles. The van der Waals surface area contributed by atoms with Crippen LogP contribution in [0.15, 0.2) is 0 Å². The van der Waals surface area contributed by atoms with Crippen molar-refractivity contribution in [2.24, 2.45) is 0 Å². The van der Waals surface area contributed by atoms with Gasteiger partial charge in [-0.05, 0) is 41.0 Å². The van der Waals surface area contributed by atoms with Crippen LogP contribution in [0, 0.1) is 0 Å². The predicted molar refractivity (Wildman–Crippen MR) is 95.6 cm³/mol. The molecule has 1 atom stereocenters. The molecule has 0 aliphatic carbocycles. The van der Waals surface area contributed by atoms with Gasteiger partial charge in [-0.15, -0.1) is 0 Å². The summed E-state index contributed by atoms with van der Waals surface area (Å²) in [4.78, 5) is 0. The topological polar surface area (TPSA) is 36.9 Å². The van der Waals surface area contributed by atoms with Gasteiger partial charge in [0.25, 0.3) is 0 Å². The Kier molecular flexibility index (Phi) is 14.1. The molecule has 0 N–H and O–H groups in total. The Morgan fingerprint density at radius 1 is 0.696 bits per heavy atom. The van der Waals surface area contributed by atoms with Crippen molar-refractivity contribution in [1.29, 1.82) is 0 Å². The highest BCUT2D eigenvalue weighted by Gasteiger charge is 2.43. The van der Waals surface area contributed by atoms with Crippen LogP contribution in [0.1, 0.15) is 86.5 Å². The fourth-order valence-corrected chi connectivity index (χ4v) is 2.77. The third-order valence-corrected chi connectivity index (χ3v) is 3.69. The summed E-state index contributed by atoms with van der Waals surface area (Å²) in [6.45, 7) is 13.8. The van der Waals surface area contributed by atoms with Crippen LogP contribution in [0.2, 0.25) is 0 Å². The van der Waals surface area contributed by atoms with E-state index in [4.69, 9.17) is 18.9 Å². The molecule has 1 unspecified atom stereocenters. The lowest BCUT2D eigenvalue weighted by atomic mass is 10.1. The summed E-state index contributed by atoms with van der Waals surface area (Å²) in [6.07, 6.45) is 8.34. The van der Waals surface area contributed by atoms with Crippen LogP contribution in [0.3, 0.4) is 0 Å². The second-order valence-electron chi connectivity index (χ2n) is 6.13. The van der Waals surface area contributed by atoms with Gasteiger partial charge in [0.1, 0.15) is 6.10 Å². The summed E-state index contributed by atoms with van der Waals surface area (Å²) in [6, 6.07) is 0. The van der Waals surface area contributed by atoms with Crippen molar-refractivity contribution in [2.75, 3.05) is 19.8 Å². The maximum absolute atomic E-state index is 6.13. The first-order valence-corrected chi connectivity index (χ1v) is 9.63. The molecule has 0 fully saturated rings. The Morgan fingerprint density at radius 3 is 1.61 bits per heavy atom. The molecule has 0 saturated heterocycles. The first-order chi connectivity index (χ1) is 11.1. The molecule has 23 heavy (non-hydrogen) atoms. The van der Waals surface area contributed by atoms with Crippen LogP contribution < -0.4 is 0 Å². The molecule has 0 aromatic heterocycles. The van der Waals surface area contributed by atoms with Gasteiger partial charge in [-0.1, -0.05) is 45.4 Å². The van der Waals surface area contributed by atoms with Gasteiger partial charge < -0.3 is 18.9 Å². The average molecular weight is 333 g/mol. The lowest BCUT2D eigenvalue weighted by Gasteiger charge is -2.39. The Bertz CT molecular complexity index is 239. The van der Waals surface area contributed by atoms with E-state index in [2.05, 4.69) is 6.92 Å². The van der Waals surface area contributed by atoms with Gasteiger partial charge in [0.05, 0.1) is 6.10 Å². The van der Waals surface area contributed by atoms with Gasteiger partial charge in [0.2, 0.25) is 0 Å². The lowest BCUT2D eigenvalue weighted by molar-refractivity contribution is -0.418. The van der Waals surface area contributed by atoms with E-state index in [9.17, 15) is 0 Å². The molecule has 140 valence electrons. The van der Waals surface area contributed by atoms with E-state index in [1.165, 1.54) is 32.1 Å². The van der Waals surface area contributed by atoms with E-state index < -0.39 is 5.97 Å². The number of ether oxygens (including phenoxy) is 4. The summed E-state index contributed by atoms with van der Waals surface area (Å²) in [7, 11) is 0. The number of hydrogen-bond donors (Lipinski definition) is 0. The normalized spacial score (nSPS) is 13.7. The molecule has 0 spiro atoms. The van der Waals surface area contributed by atoms with E-state index in [-0.39, 0.29) is 12.2 Å². The second-order valence-corrected chi connectivity index (χ2v) is 6.13. The highest BCUT2D eigenvalue weighted by atomic mass is 16.9. The average Bonchev–Trinajstić information content (AvgIpc) is 2.50. The molecule has 0 saturated carbocycles. The smallest absolute Gasteiger partial charge is 0.310 e. The zero-order valence-electron chi connectivity index (χ0n) is 16.4. The Labute approximate surface area is 144 Å². The van der Waals surface area contributed by atoms with Gasteiger partial charge in [-0.2, -0.15) is 0 Å². The minimum absolute atomic E-state index is 0.112. The highest BCUT2D eigenvalue weighted by molar-refractivity contribution is 4.74. The molecule has 0 bridgehead atoms. The quantitative estimate of drug-likeness (QED) is 0.284. The third-order valence-electron chi connectivity index (χ3n) is 3.69. The van der Waals surface area contributed by atoms with E-state index in [1.54, 1.807) is 0 Å². The molecular weight excluding hydrogens is 292 g/mol. The van der Waals surface area contributed by atoms with E-state index in [0.29, 0.717) is 19.8 Å². The SMILES string of the molecule is CCCCCCCCC(OC(C)C)C(OCC)(OCC)OCC. The highest BCUT2D eigenvalue weighted by Crippen LogP contribution is 2.28. The standard InChI is InChI=1S/C19H40O4/c1-7-11-12-13-14-15-16-18(23-17(5)6)19(20-8-2,21-9-3)22-10-4/h17-18H,7-16H2,1-6H3. The molecular formula is C19H40O4. The predicted octanol–water partition coefficient (Wildman–Crippen LogP) is 5.29. The molecule has 0 aliphatic rings. The molecule has 0 aromatic rings. The van der Waals surface area contributed by atoms with Gasteiger partial charge in [-0.25, -0.2) is 0 Å². The fourth-order valence-electron chi connectivity index (χ4n) is 2.77. The molecule has 0 amide bonds. The minimum Gasteiger partial charge on any atom is -0.367 e. The first kappa shape index (κ1) is 22.8. The lowest BCUT2D eigenvalue weighted by Crippen LogP contribution is -2.52. The molecule has 0 rings (SSSR count). The second kappa shape index (κ2) is 14.2. The van der Waals surface area contributed by atoms with Crippen molar-refractivity contribution in [3.8, 4) is 0 Å². The van der Waals surface area contributed by atoms with Crippen molar-refractivity contribution < 1.29 is 18.9 Å². The van der Waals surface area contributed by atoms with Crippen LogP contribution in [-0.2, 0) is 18.9 Å². The van der Waals surface area contributed by atoms with E-state index in [1.807, 2.05) is 34.6 Å². The Morgan fingerprint density at radius 2 is 1.17 bits per heavy atom. The van der Waals surface area contributed by atoms with Gasteiger partial charge in [0.15, 0.2) is 0 Å². The third kappa shape index (κ3) is 9.65. The van der Waals surface area contributed by atoms with Gasteiger partial charge >= 0.3 is 5.97 Å². The van der Waals surface area contributed by atoms with E-state index >= 15 is 0 Å². The maximum atomic E-state index is 6.13. The summed E-state index contributed by atoms with van der Waals surface area (Å²) in [5.41, 5.74) is 0. The van der Waals surface area contributed by atoms with Crippen LogP contribution in [0.25, 0.3) is 0 Å². The van der Waals surface area contributed by atoms with Crippen LogP contribution in [-0.4, -0.2) is 38.0 Å². The molecule has 0 heterocycles. The van der Waals surface area contributed by atoms with Gasteiger partial charge in [0, 0.05) is 19.8 Å². The summed E-state index contributed by atoms with van der Waals surface area (Å²) in [5.74, 6) is -1.08.